The zero-order chi connectivity index (χ0) is 12.4. The van der Waals surface area contributed by atoms with E-state index in [1.807, 2.05) is 0 Å². The maximum atomic E-state index is 12.1. The second-order valence-electron chi connectivity index (χ2n) is 3.96. The molecule has 0 atom stereocenters. The molecule has 2 N–H and O–H groups in total. The molecule has 1 aliphatic heterocycles. The number of nitrogens with zero attached hydrogens (tertiary/aromatic N) is 2. The number of hydrazine groups is 1. The van der Waals surface area contributed by atoms with Crippen molar-refractivity contribution in [1.29, 1.82) is 0 Å². The minimum atomic E-state index is -0.0309. The van der Waals surface area contributed by atoms with Crippen LogP contribution < -0.4 is 5.84 Å². The van der Waals surface area contributed by atoms with Gasteiger partial charge in [0.1, 0.15) is 0 Å². The second kappa shape index (κ2) is 5.23. The van der Waals surface area contributed by atoms with Gasteiger partial charge in [-0.25, -0.2) is 5.01 Å². The standard InChI is InChI=1S/C11H13Cl2N3O/c12-9-2-1-8(7-10(9)13)11(17)15-3-5-16(14)6-4-15/h1-2,7H,3-6,14H2. The summed E-state index contributed by atoms with van der Waals surface area (Å²) >= 11 is 11.7. The highest BCUT2D eigenvalue weighted by Crippen LogP contribution is 2.23. The highest BCUT2D eigenvalue weighted by Gasteiger charge is 2.20. The molecule has 1 fully saturated rings. The van der Waals surface area contributed by atoms with Crippen LogP contribution in [0, 0.1) is 0 Å². The minimum Gasteiger partial charge on any atom is -0.336 e. The third-order valence-corrected chi connectivity index (χ3v) is 3.51. The number of hydrogen-bond acceptors (Lipinski definition) is 3. The van der Waals surface area contributed by atoms with E-state index in [0.29, 0.717) is 41.8 Å². The number of nitrogens with two attached hydrogens (primary N) is 1. The van der Waals surface area contributed by atoms with E-state index in [2.05, 4.69) is 0 Å². The number of halogens is 2. The summed E-state index contributed by atoms with van der Waals surface area (Å²) in [6.07, 6.45) is 0. The summed E-state index contributed by atoms with van der Waals surface area (Å²) in [6, 6.07) is 4.92. The quantitative estimate of drug-likeness (QED) is 0.792. The first-order valence-electron chi connectivity index (χ1n) is 5.32. The monoisotopic (exact) mass is 273 g/mol. The Hall–Kier alpha value is -0.810. The number of rotatable bonds is 1. The van der Waals surface area contributed by atoms with Crippen LogP contribution in [0.5, 0.6) is 0 Å². The van der Waals surface area contributed by atoms with Crippen molar-refractivity contribution in [2.24, 2.45) is 5.84 Å². The van der Waals surface area contributed by atoms with E-state index in [0.717, 1.165) is 0 Å². The minimum absolute atomic E-state index is 0.0309. The van der Waals surface area contributed by atoms with Gasteiger partial charge >= 0.3 is 0 Å². The highest BCUT2D eigenvalue weighted by molar-refractivity contribution is 6.42. The Morgan fingerprint density at radius 2 is 1.76 bits per heavy atom. The van der Waals surface area contributed by atoms with Crippen molar-refractivity contribution < 1.29 is 4.79 Å². The van der Waals surface area contributed by atoms with Crippen molar-refractivity contribution >= 4 is 29.1 Å². The number of carbonyl (C=O) groups excluding carboxylic acids is 1. The van der Waals surface area contributed by atoms with Gasteiger partial charge in [0.05, 0.1) is 10.0 Å². The molecule has 0 bridgehead atoms. The first-order valence-corrected chi connectivity index (χ1v) is 6.07. The summed E-state index contributed by atoms with van der Waals surface area (Å²) in [5.74, 6) is 5.61. The van der Waals surface area contributed by atoms with E-state index < -0.39 is 0 Å². The molecule has 6 heteroatoms. The third-order valence-electron chi connectivity index (χ3n) is 2.77. The van der Waals surface area contributed by atoms with E-state index in [9.17, 15) is 4.79 Å². The Labute approximate surface area is 110 Å². The van der Waals surface area contributed by atoms with Crippen molar-refractivity contribution in [3.8, 4) is 0 Å². The number of carbonyl (C=O) groups is 1. The SMILES string of the molecule is NN1CCN(C(=O)c2ccc(Cl)c(Cl)c2)CC1. The van der Waals surface area contributed by atoms with Crippen LogP contribution in [0.1, 0.15) is 10.4 Å². The summed E-state index contributed by atoms with van der Waals surface area (Å²) in [4.78, 5) is 13.9. The summed E-state index contributed by atoms with van der Waals surface area (Å²) in [7, 11) is 0. The second-order valence-corrected chi connectivity index (χ2v) is 4.77. The maximum Gasteiger partial charge on any atom is 0.253 e. The van der Waals surface area contributed by atoms with Gasteiger partial charge in [-0.15, -0.1) is 0 Å². The molecule has 92 valence electrons. The van der Waals surface area contributed by atoms with Crippen molar-refractivity contribution in [1.82, 2.24) is 9.91 Å². The lowest BCUT2D eigenvalue weighted by atomic mass is 10.2. The van der Waals surface area contributed by atoms with Crippen LogP contribution in [-0.2, 0) is 0 Å². The van der Waals surface area contributed by atoms with Gasteiger partial charge in [0.15, 0.2) is 0 Å². The molecule has 1 saturated heterocycles. The van der Waals surface area contributed by atoms with Gasteiger partial charge < -0.3 is 4.90 Å². The van der Waals surface area contributed by atoms with Crippen LogP contribution in [0.3, 0.4) is 0 Å². The fourth-order valence-electron chi connectivity index (χ4n) is 1.74. The van der Waals surface area contributed by atoms with E-state index in [1.165, 1.54) is 0 Å². The van der Waals surface area contributed by atoms with Gasteiger partial charge in [-0.2, -0.15) is 0 Å². The van der Waals surface area contributed by atoms with Gasteiger partial charge in [-0.1, -0.05) is 23.2 Å². The average molecular weight is 274 g/mol. The maximum absolute atomic E-state index is 12.1. The molecule has 1 aromatic rings. The topological polar surface area (TPSA) is 49.6 Å². The van der Waals surface area contributed by atoms with Crippen molar-refractivity contribution in [3.63, 3.8) is 0 Å². The Balaban J connectivity index is 2.11. The van der Waals surface area contributed by atoms with Crippen LogP contribution in [0.15, 0.2) is 18.2 Å². The average Bonchev–Trinajstić information content (AvgIpc) is 2.33. The van der Waals surface area contributed by atoms with Crippen molar-refractivity contribution in [3.05, 3.63) is 33.8 Å². The van der Waals surface area contributed by atoms with Crippen molar-refractivity contribution in [2.75, 3.05) is 26.2 Å². The molecule has 2 rings (SSSR count). The van der Waals surface area contributed by atoms with E-state index in [4.69, 9.17) is 29.0 Å². The molecule has 0 aliphatic carbocycles. The van der Waals surface area contributed by atoms with Gasteiger partial charge in [-0.05, 0) is 18.2 Å². The zero-order valence-corrected chi connectivity index (χ0v) is 10.7. The number of piperazine rings is 1. The first-order chi connectivity index (χ1) is 8.08. The molecule has 4 nitrogen and oxygen atoms in total. The van der Waals surface area contributed by atoms with Crippen LogP contribution in [-0.4, -0.2) is 42.0 Å². The summed E-state index contributed by atoms with van der Waals surface area (Å²) in [6.45, 7) is 2.64. The predicted molar refractivity (Wildman–Crippen MR) is 68.1 cm³/mol. The summed E-state index contributed by atoms with van der Waals surface area (Å²) in [5, 5.41) is 2.56. The lowest BCUT2D eigenvalue weighted by Crippen LogP contribution is -2.51. The molecule has 0 saturated carbocycles. The molecule has 1 amide bonds. The zero-order valence-electron chi connectivity index (χ0n) is 9.20. The fourth-order valence-corrected chi connectivity index (χ4v) is 2.03. The molecule has 0 spiro atoms. The molecular weight excluding hydrogens is 261 g/mol. The smallest absolute Gasteiger partial charge is 0.253 e. The molecule has 1 aromatic carbocycles. The van der Waals surface area contributed by atoms with Gasteiger partial charge in [0.25, 0.3) is 5.91 Å². The Morgan fingerprint density at radius 1 is 1.12 bits per heavy atom. The molecule has 0 radical (unpaired) electrons. The van der Waals surface area contributed by atoms with Crippen LogP contribution in [0.25, 0.3) is 0 Å². The third kappa shape index (κ3) is 2.90. The largest absolute Gasteiger partial charge is 0.336 e. The van der Waals surface area contributed by atoms with Crippen LogP contribution >= 0.6 is 23.2 Å². The molecule has 1 aliphatic rings. The van der Waals surface area contributed by atoms with Crippen molar-refractivity contribution in [2.45, 2.75) is 0 Å². The molecular formula is C11H13Cl2N3O. The van der Waals surface area contributed by atoms with Gasteiger partial charge in [0.2, 0.25) is 0 Å². The first kappa shape index (κ1) is 12.6. The molecule has 0 aromatic heterocycles. The molecule has 1 heterocycles. The highest BCUT2D eigenvalue weighted by atomic mass is 35.5. The lowest BCUT2D eigenvalue weighted by molar-refractivity contribution is 0.0638. The van der Waals surface area contributed by atoms with Crippen LogP contribution in [0.4, 0.5) is 0 Å². The van der Waals surface area contributed by atoms with E-state index in [1.54, 1.807) is 28.1 Å². The van der Waals surface area contributed by atoms with Gasteiger partial charge in [0, 0.05) is 31.7 Å². The predicted octanol–water partition coefficient (Wildman–Crippen LogP) is 1.62. The lowest BCUT2D eigenvalue weighted by Gasteiger charge is -2.32. The molecule has 0 unspecified atom stereocenters. The Morgan fingerprint density at radius 3 is 2.35 bits per heavy atom. The fraction of sp³-hybridized carbons (Fsp3) is 0.364. The van der Waals surface area contributed by atoms with E-state index in [-0.39, 0.29) is 5.91 Å². The molecule has 17 heavy (non-hydrogen) atoms. The Kier molecular flexibility index (Phi) is 3.89. The van der Waals surface area contributed by atoms with Gasteiger partial charge in [-0.3, -0.25) is 10.6 Å². The summed E-state index contributed by atoms with van der Waals surface area (Å²) in [5.41, 5.74) is 0.560. The Bertz CT molecular complexity index is 431. The number of benzene rings is 1. The van der Waals surface area contributed by atoms with Crippen LogP contribution in [0.2, 0.25) is 10.0 Å². The number of hydrogen-bond donors (Lipinski definition) is 1. The summed E-state index contributed by atoms with van der Waals surface area (Å²) < 4.78 is 0. The normalized spacial score (nSPS) is 17.2. The van der Waals surface area contributed by atoms with E-state index >= 15 is 0 Å². The number of amides is 1.